The van der Waals surface area contributed by atoms with Crippen LogP contribution >= 0.6 is 22.7 Å². The van der Waals surface area contributed by atoms with Crippen LogP contribution in [0.4, 0.5) is 0 Å². The van der Waals surface area contributed by atoms with E-state index in [1.54, 1.807) is 22.7 Å². The second-order valence-corrected chi connectivity index (χ2v) is 7.63. The maximum atomic E-state index is 12.8. The fourth-order valence-corrected chi connectivity index (χ4v) is 3.85. The Morgan fingerprint density at radius 1 is 1.12 bits per heavy atom. The first-order valence-electron chi connectivity index (χ1n) is 7.73. The van der Waals surface area contributed by atoms with Gasteiger partial charge in [0.1, 0.15) is 0 Å². The van der Waals surface area contributed by atoms with E-state index in [1.165, 1.54) is 0 Å². The quantitative estimate of drug-likeness (QED) is 0.670. The van der Waals surface area contributed by atoms with E-state index < -0.39 is 0 Å². The van der Waals surface area contributed by atoms with Crippen molar-refractivity contribution in [2.45, 2.75) is 33.4 Å². The average molecular weight is 358 g/mol. The number of carbonyl (C=O) groups is 1. The number of amides is 1. The average Bonchev–Trinajstić information content (AvgIpc) is 3.16. The number of hydrogen-bond acceptors (Lipinski definition) is 5. The van der Waals surface area contributed by atoms with Gasteiger partial charge in [0.25, 0.3) is 0 Å². The third-order valence-corrected chi connectivity index (χ3v) is 5.49. The predicted octanol–water partition coefficient (Wildman–Crippen LogP) is 3.99. The second-order valence-electron chi connectivity index (χ2n) is 5.63. The molecule has 4 nitrogen and oxygen atoms in total. The first kappa shape index (κ1) is 16.8. The molecule has 0 bridgehead atoms. The lowest BCUT2D eigenvalue weighted by molar-refractivity contribution is -0.131. The molecule has 0 saturated heterocycles. The van der Waals surface area contributed by atoms with Gasteiger partial charge in [0.15, 0.2) is 0 Å². The highest BCUT2D eigenvalue weighted by atomic mass is 32.1. The van der Waals surface area contributed by atoms with Gasteiger partial charge in [0, 0.05) is 16.8 Å². The third kappa shape index (κ3) is 4.27. The van der Waals surface area contributed by atoms with E-state index in [9.17, 15) is 4.79 Å². The minimum absolute atomic E-state index is 0.0944. The minimum Gasteiger partial charge on any atom is -0.333 e. The maximum Gasteiger partial charge on any atom is 0.229 e. The van der Waals surface area contributed by atoms with Crippen LogP contribution < -0.4 is 0 Å². The zero-order valence-corrected chi connectivity index (χ0v) is 15.4. The van der Waals surface area contributed by atoms with Crippen LogP contribution in [0.2, 0.25) is 0 Å². The summed E-state index contributed by atoms with van der Waals surface area (Å²) in [6, 6.07) is 10.1. The third-order valence-electron chi connectivity index (χ3n) is 3.75. The molecule has 2 aromatic heterocycles. The molecule has 0 spiro atoms. The molecule has 0 fully saturated rings. The molecule has 0 aliphatic heterocycles. The van der Waals surface area contributed by atoms with Gasteiger partial charge in [0.2, 0.25) is 5.91 Å². The summed E-state index contributed by atoms with van der Waals surface area (Å²) in [5.41, 5.74) is 4.80. The fraction of sp³-hybridized carbons (Fsp3) is 0.278. The van der Waals surface area contributed by atoms with Gasteiger partial charge in [-0.1, -0.05) is 30.3 Å². The Balaban J connectivity index is 1.77. The molecular formula is C18H19N3OS2. The lowest BCUT2D eigenvalue weighted by Gasteiger charge is -2.22. The Hall–Kier alpha value is -2.05. The van der Waals surface area contributed by atoms with Gasteiger partial charge >= 0.3 is 0 Å². The van der Waals surface area contributed by atoms with Crippen LogP contribution in [-0.2, 0) is 24.3 Å². The normalized spacial score (nSPS) is 10.8. The van der Waals surface area contributed by atoms with Crippen LogP contribution in [0, 0.1) is 13.8 Å². The summed E-state index contributed by atoms with van der Waals surface area (Å²) in [5, 5.41) is 2.96. The number of benzene rings is 1. The van der Waals surface area contributed by atoms with Crippen LogP contribution in [-0.4, -0.2) is 20.8 Å². The molecule has 1 amide bonds. The first-order valence-corrected chi connectivity index (χ1v) is 9.49. The molecule has 0 atom stereocenters. The lowest BCUT2D eigenvalue weighted by Crippen LogP contribution is -2.31. The molecule has 0 radical (unpaired) electrons. The van der Waals surface area contributed by atoms with Crippen molar-refractivity contribution in [2.75, 3.05) is 0 Å². The van der Waals surface area contributed by atoms with Gasteiger partial charge in [-0.3, -0.25) is 4.79 Å². The summed E-state index contributed by atoms with van der Waals surface area (Å²) in [6.07, 6.45) is 0.342. The van der Waals surface area contributed by atoms with Gasteiger partial charge in [-0.05, 0) is 19.4 Å². The van der Waals surface area contributed by atoms with Crippen LogP contribution in [0.15, 0.2) is 41.2 Å². The topological polar surface area (TPSA) is 46.1 Å². The molecule has 1 aromatic carbocycles. The Kier molecular flexibility index (Phi) is 5.37. The summed E-state index contributed by atoms with van der Waals surface area (Å²) in [6.45, 7) is 5.13. The summed E-state index contributed by atoms with van der Waals surface area (Å²) in [7, 11) is 0. The molecule has 0 aliphatic rings. The number of aryl methyl sites for hydroxylation is 2. The van der Waals surface area contributed by atoms with Crippen LogP contribution in [0.3, 0.4) is 0 Å². The number of rotatable bonds is 6. The van der Waals surface area contributed by atoms with E-state index in [2.05, 4.69) is 9.97 Å². The van der Waals surface area contributed by atoms with Gasteiger partial charge in [0.05, 0.1) is 34.9 Å². The van der Waals surface area contributed by atoms with Crippen molar-refractivity contribution in [3.63, 3.8) is 0 Å². The molecule has 24 heavy (non-hydrogen) atoms. The zero-order chi connectivity index (χ0) is 16.9. The summed E-state index contributed by atoms with van der Waals surface area (Å²) >= 11 is 3.18. The molecule has 6 heteroatoms. The SMILES string of the molecule is Cc1nc(CC(=O)N(Cc2ccccc2)Cc2scnc2C)cs1. The number of aromatic nitrogens is 2. The molecule has 0 aliphatic carbocycles. The van der Waals surface area contributed by atoms with Crippen LogP contribution in [0.1, 0.15) is 26.8 Å². The molecule has 3 rings (SSSR count). The second kappa shape index (κ2) is 7.68. The molecule has 0 saturated carbocycles. The predicted molar refractivity (Wildman–Crippen MR) is 98.1 cm³/mol. The molecule has 0 N–H and O–H groups in total. The number of hydrogen-bond donors (Lipinski definition) is 0. The zero-order valence-electron chi connectivity index (χ0n) is 13.7. The Bertz CT molecular complexity index is 811. The van der Waals surface area contributed by atoms with Crippen molar-refractivity contribution >= 4 is 28.6 Å². The van der Waals surface area contributed by atoms with Crippen LogP contribution in [0.25, 0.3) is 0 Å². The molecule has 124 valence electrons. The number of carbonyl (C=O) groups excluding carboxylic acids is 1. The van der Waals surface area contributed by atoms with Crippen molar-refractivity contribution in [3.05, 3.63) is 68.1 Å². The van der Waals surface area contributed by atoms with Crippen molar-refractivity contribution in [1.29, 1.82) is 0 Å². The fourth-order valence-electron chi connectivity index (χ4n) is 2.44. The van der Waals surface area contributed by atoms with E-state index in [-0.39, 0.29) is 5.91 Å². The van der Waals surface area contributed by atoms with Crippen molar-refractivity contribution in [1.82, 2.24) is 14.9 Å². The van der Waals surface area contributed by atoms with Crippen molar-refractivity contribution < 1.29 is 4.79 Å². The number of nitrogens with zero attached hydrogens (tertiary/aromatic N) is 3. The lowest BCUT2D eigenvalue weighted by atomic mass is 10.2. The Labute approximate surface area is 149 Å². The van der Waals surface area contributed by atoms with E-state index in [1.807, 2.05) is 60.0 Å². The van der Waals surface area contributed by atoms with Crippen molar-refractivity contribution in [2.24, 2.45) is 0 Å². The highest BCUT2D eigenvalue weighted by molar-refractivity contribution is 7.09. The van der Waals surface area contributed by atoms with Gasteiger partial charge in [-0.25, -0.2) is 9.97 Å². The molecular weight excluding hydrogens is 338 g/mol. The highest BCUT2D eigenvalue weighted by Crippen LogP contribution is 2.18. The van der Waals surface area contributed by atoms with Gasteiger partial charge < -0.3 is 4.90 Å². The van der Waals surface area contributed by atoms with E-state index in [4.69, 9.17) is 0 Å². The Morgan fingerprint density at radius 3 is 2.54 bits per heavy atom. The highest BCUT2D eigenvalue weighted by Gasteiger charge is 2.18. The summed E-state index contributed by atoms with van der Waals surface area (Å²) < 4.78 is 0. The molecule has 2 heterocycles. The Morgan fingerprint density at radius 2 is 1.92 bits per heavy atom. The van der Waals surface area contributed by atoms with Crippen molar-refractivity contribution in [3.8, 4) is 0 Å². The van der Waals surface area contributed by atoms with Gasteiger partial charge in [-0.15, -0.1) is 22.7 Å². The minimum atomic E-state index is 0.0944. The molecule has 3 aromatic rings. The largest absolute Gasteiger partial charge is 0.333 e. The van der Waals surface area contributed by atoms with Crippen LogP contribution in [0.5, 0.6) is 0 Å². The maximum absolute atomic E-state index is 12.8. The first-order chi connectivity index (χ1) is 11.6. The van der Waals surface area contributed by atoms with E-state index in [0.717, 1.165) is 26.8 Å². The molecule has 0 unspecified atom stereocenters. The van der Waals surface area contributed by atoms with E-state index in [0.29, 0.717) is 19.5 Å². The number of thiazole rings is 2. The summed E-state index contributed by atoms with van der Waals surface area (Å²) in [4.78, 5) is 24.6. The van der Waals surface area contributed by atoms with E-state index >= 15 is 0 Å². The van der Waals surface area contributed by atoms with Gasteiger partial charge in [-0.2, -0.15) is 0 Å². The summed E-state index contributed by atoms with van der Waals surface area (Å²) in [5.74, 6) is 0.0944. The standard InChI is InChI=1S/C18H19N3OS2/c1-13-17(24-12-19-13)10-21(9-15-6-4-3-5-7-15)18(22)8-16-11-23-14(2)20-16/h3-7,11-12H,8-10H2,1-2H3. The smallest absolute Gasteiger partial charge is 0.229 e. The monoisotopic (exact) mass is 357 g/mol.